The Kier molecular flexibility index (Phi) is 4.33. The summed E-state index contributed by atoms with van der Waals surface area (Å²) in [5.74, 6) is -2.34. The van der Waals surface area contributed by atoms with Gasteiger partial charge in [-0.1, -0.05) is 12.1 Å². The molecule has 3 rings (SSSR count). The second-order valence-electron chi connectivity index (χ2n) is 5.21. The smallest absolute Gasteiger partial charge is 0.274 e. The summed E-state index contributed by atoms with van der Waals surface area (Å²) in [7, 11) is -4.03. The lowest BCUT2D eigenvalue weighted by atomic mass is 10.0. The molecule has 2 aromatic heterocycles. The van der Waals surface area contributed by atoms with E-state index in [-0.39, 0.29) is 22.3 Å². The van der Waals surface area contributed by atoms with Crippen molar-refractivity contribution in [3.05, 3.63) is 64.1 Å². The van der Waals surface area contributed by atoms with Gasteiger partial charge in [0.25, 0.3) is 10.2 Å². The molecule has 2 heterocycles. The molecule has 0 atom stereocenters. The standard InChI is InChI=1S/C15H12F2N4O3S/c16-13-8(7-20-25(18,23)24)1-2-10(14(13)17)9-5-6-19-15-11(9)3-4-12(22)21-15/h1-6,20H,7H2,(H2,18,23,24)(H,19,21,22). The Morgan fingerprint density at radius 3 is 2.56 bits per heavy atom. The molecule has 0 saturated carbocycles. The van der Waals surface area contributed by atoms with E-state index in [0.717, 1.165) is 0 Å². The first-order valence-electron chi connectivity index (χ1n) is 6.99. The van der Waals surface area contributed by atoms with Crippen LogP contribution in [0.25, 0.3) is 22.2 Å². The molecule has 4 N–H and O–H groups in total. The highest BCUT2D eigenvalue weighted by Crippen LogP contribution is 2.30. The molecule has 7 nitrogen and oxygen atoms in total. The predicted octanol–water partition coefficient (Wildman–Crippen LogP) is 1.16. The van der Waals surface area contributed by atoms with Gasteiger partial charge in [0, 0.05) is 35.3 Å². The normalized spacial score (nSPS) is 11.8. The number of hydrogen-bond donors (Lipinski definition) is 3. The van der Waals surface area contributed by atoms with E-state index >= 15 is 0 Å². The number of rotatable bonds is 4. The maximum Gasteiger partial charge on any atom is 0.274 e. The molecule has 0 saturated heterocycles. The topological polar surface area (TPSA) is 118 Å². The van der Waals surface area contributed by atoms with Gasteiger partial charge in [-0.15, -0.1) is 0 Å². The summed E-state index contributed by atoms with van der Waals surface area (Å²) in [5, 5.41) is 5.22. The molecular weight excluding hydrogens is 354 g/mol. The van der Waals surface area contributed by atoms with E-state index in [9.17, 15) is 22.0 Å². The highest BCUT2D eigenvalue weighted by molar-refractivity contribution is 7.87. The van der Waals surface area contributed by atoms with Crippen LogP contribution in [0.1, 0.15) is 5.56 Å². The van der Waals surface area contributed by atoms with Crippen LogP contribution in [0.3, 0.4) is 0 Å². The summed E-state index contributed by atoms with van der Waals surface area (Å²) >= 11 is 0. The van der Waals surface area contributed by atoms with Gasteiger partial charge in [-0.25, -0.2) is 18.9 Å². The number of H-pyrrole nitrogens is 1. The lowest BCUT2D eigenvalue weighted by molar-refractivity contribution is 0.499. The third-order valence-corrected chi connectivity index (χ3v) is 4.10. The molecule has 0 aliphatic carbocycles. The number of halogens is 2. The summed E-state index contributed by atoms with van der Waals surface area (Å²) in [6, 6.07) is 6.78. The summed E-state index contributed by atoms with van der Waals surface area (Å²) in [6.07, 6.45) is 1.36. The quantitative estimate of drug-likeness (QED) is 0.642. The first-order valence-corrected chi connectivity index (χ1v) is 8.53. The largest absolute Gasteiger partial charge is 0.307 e. The van der Waals surface area contributed by atoms with Gasteiger partial charge >= 0.3 is 0 Å². The van der Waals surface area contributed by atoms with E-state index in [4.69, 9.17) is 5.14 Å². The lowest BCUT2D eigenvalue weighted by Gasteiger charge is -2.11. The first kappa shape index (κ1) is 17.1. The van der Waals surface area contributed by atoms with Crippen molar-refractivity contribution >= 4 is 21.2 Å². The van der Waals surface area contributed by atoms with E-state index in [1.807, 2.05) is 4.72 Å². The number of nitrogens with zero attached hydrogens (tertiary/aromatic N) is 1. The van der Waals surface area contributed by atoms with Crippen LogP contribution in [-0.2, 0) is 16.8 Å². The fourth-order valence-corrected chi connectivity index (χ4v) is 2.76. The molecule has 0 bridgehead atoms. The second-order valence-corrected chi connectivity index (χ2v) is 6.59. The molecule has 3 aromatic rings. The summed E-state index contributed by atoms with van der Waals surface area (Å²) in [6.45, 7) is -0.480. The van der Waals surface area contributed by atoms with Crippen LogP contribution in [0.4, 0.5) is 8.78 Å². The molecule has 25 heavy (non-hydrogen) atoms. The fourth-order valence-electron chi connectivity index (χ4n) is 2.41. The number of pyridine rings is 2. The minimum atomic E-state index is -4.03. The third kappa shape index (κ3) is 3.55. The Morgan fingerprint density at radius 2 is 1.84 bits per heavy atom. The zero-order valence-electron chi connectivity index (χ0n) is 12.6. The van der Waals surface area contributed by atoms with Crippen LogP contribution in [0.15, 0.2) is 41.3 Å². The lowest BCUT2D eigenvalue weighted by Crippen LogP contribution is -2.30. The molecule has 130 valence electrons. The fraction of sp³-hybridized carbons (Fsp3) is 0.0667. The van der Waals surface area contributed by atoms with Crippen LogP contribution < -0.4 is 15.4 Å². The van der Waals surface area contributed by atoms with Gasteiger partial charge in [0.15, 0.2) is 11.6 Å². The second kappa shape index (κ2) is 6.31. The van der Waals surface area contributed by atoms with Gasteiger partial charge in [0.05, 0.1) is 0 Å². The highest BCUT2D eigenvalue weighted by atomic mass is 32.2. The van der Waals surface area contributed by atoms with Crippen molar-refractivity contribution in [2.75, 3.05) is 0 Å². The Labute approximate surface area is 140 Å². The molecule has 0 fully saturated rings. The third-order valence-electron chi connectivity index (χ3n) is 3.55. The highest BCUT2D eigenvalue weighted by Gasteiger charge is 2.17. The zero-order chi connectivity index (χ0) is 18.2. The van der Waals surface area contributed by atoms with Gasteiger partial charge in [0.1, 0.15) is 5.65 Å². The maximum atomic E-state index is 14.5. The number of nitrogens with two attached hydrogens (primary N) is 1. The van der Waals surface area contributed by atoms with Crippen molar-refractivity contribution in [3.8, 4) is 11.1 Å². The molecule has 0 spiro atoms. The molecule has 0 unspecified atom stereocenters. The Bertz CT molecular complexity index is 1130. The van der Waals surface area contributed by atoms with Gasteiger partial charge < -0.3 is 4.98 Å². The van der Waals surface area contributed by atoms with Gasteiger partial charge in [-0.05, 0) is 17.7 Å². The molecule has 1 aromatic carbocycles. The van der Waals surface area contributed by atoms with Gasteiger partial charge in [-0.3, -0.25) is 4.79 Å². The van der Waals surface area contributed by atoms with Gasteiger partial charge in [0.2, 0.25) is 5.56 Å². The van der Waals surface area contributed by atoms with Crippen molar-refractivity contribution in [2.24, 2.45) is 5.14 Å². The summed E-state index contributed by atoms with van der Waals surface area (Å²) in [5.41, 5.74) is -0.0278. The number of hydrogen-bond acceptors (Lipinski definition) is 4. The number of aromatic amines is 1. The maximum absolute atomic E-state index is 14.5. The summed E-state index contributed by atoms with van der Waals surface area (Å²) in [4.78, 5) is 17.9. The van der Waals surface area contributed by atoms with E-state index < -0.39 is 28.4 Å². The minimum Gasteiger partial charge on any atom is -0.307 e. The monoisotopic (exact) mass is 366 g/mol. The van der Waals surface area contributed by atoms with Crippen LogP contribution >= 0.6 is 0 Å². The SMILES string of the molecule is NS(=O)(=O)NCc1ccc(-c2ccnc3[nH]c(=O)ccc23)c(F)c1F. The van der Waals surface area contributed by atoms with Crippen molar-refractivity contribution in [2.45, 2.75) is 6.54 Å². The van der Waals surface area contributed by atoms with E-state index in [1.54, 1.807) is 0 Å². The first-order chi connectivity index (χ1) is 11.8. The summed E-state index contributed by atoms with van der Waals surface area (Å²) < 4.78 is 52.4. The van der Waals surface area contributed by atoms with E-state index in [1.165, 1.54) is 36.5 Å². The van der Waals surface area contributed by atoms with E-state index in [2.05, 4.69) is 9.97 Å². The average molecular weight is 366 g/mol. The molecular formula is C15H12F2N4O3S. The van der Waals surface area contributed by atoms with Crippen molar-refractivity contribution in [3.63, 3.8) is 0 Å². The van der Waals surface area contributed by atoms with Crippen LogP contribution in [0.2, 0.25) is 0 Å². The van der Waals surface area contributed by atoms with Gasteiger partial charge in [-0.2, -0.15) is 13.1 Å². The minimum absolute atomic E-state index is 0.0451. The Hall–Kier alpha value is -2.69. The Balaban J connectivity index is 2.10. The Morgan fingerprint density at radius 1 is 1.08 bits per heavy atom. The number of aromatic nitrogens is 2. The number of benzene rings is 1. The average Bonchev–Trinajstić information content (AvgIpc) is 2.55. The molecule has 0 amide bonds. The molecule has 0 aliphatic rings. The molecule has 10 heteroatoms. The van der Waals surface area contributed by atoms with Crippen LogP contribution in [0.5, 0.6) is 0 Å². The molecule has 0 radical (unpaired) electrons. The number of fused-ring (bicyclic) bond motifs is 1. The predicted molar refractivity (Wildman–Crippen MR) is 87.7 cm³/mol. The van der Waals surface area contributed by atoms with Crippen LogP contribution in [0, 0.1) is 11.6 Å². The van der Waals surface area contributed by atoms with Crippen molar-refractivity contribution < 1.29 is 17.2 Å². The van der Waals surface area contributed by atoms with Crippen molar-refractivity contribution in [1.29, 1.82) is 0 Å². The van der Waals surface area contributed by atoms with Crippen LogP contribution in [-0.4, -0.2) is 18.4 Å². The molecule has 0 aliphatic heterocycles. The van der Waals surface area contributed by atoms with Crippen molar-refractivity contribution in [1.82, 2.24) is 14.7 Å². The van der Waals surface area contributed by atoms with E-state index in [0.29, 0.717) is 10.9 Å². The number of nitrogens with one attached hydrogen (secondary N) is 2. The zero-order valence-corrected chi connectivity index (χ0v) is 13.4.